The van der Waals surface area contributed by atoms with Crippen molar-refractivity contribution in [3.05, 3.63) is 35.9 Å². The zero-order chi connectivity index (χ0) is 13.6. The fraction of sp³-hybridized carbons (Fsp3) is 0.647. The third-order valence-corrected chi connectivity index (χ3v) is 4.34. The Kier molecular flexibility index (Phi) is 5.41. The smallest absolute Gasteiger partial charge is 0.0537 e. The van der Waals surface area contributed by atoms with E-state index >= 15 is 0 Å². The Hall–Kier alpha value is -0.860. The maximum absolute atomic E-state index is 9.87. The van der Waals surface area contributed by atoms with E-state index in [1.54, 1.807) is 0 Å². The minimum atomic E-state index is -0.138. The van der Waals surface area contributed by atoms with E-state index in [2.05, 4.69) is 36.1 Å². The summed E-state index contributed by atoms with van der Waals surface area (Å²) in [6.07, 6.45) is 6.71. The second kappa shape index (κ2) is 7.06. The molecule has 2 heteroatoms. The van der Waals surface area contributed by atoms with E-state index in [4.69, 9.17) is 0 Å². The van der Waals surface area contributed by atoms with Crippen molar-refractivity contribution >= 4 is 0 Å². The molecule has 0 aliphatic carbocycles. The number of nitrogens with zero attached hydrogens (tertiary/aromatic N) is 1. The monoisotopic (exact) mass is 261 g/mol. The predicted molar refractivity (Wildman–Crippen MR) is 80.4 cm³/mol. The Morgan fingerprint density at radius 1 is 1.00 bits per heavy atom. The van der Waals surface area contributed by atoms with Gasteiger partial charge < -0.3 is 10.0 Å². The van der Waals surface area contributed by atoms with E-state index < -0.39 is 0 Å². The van der Waals surface area contributed by atoms with E-state index in [1.807, 2.05) is 6.07 Å². The molecule has 2 nitrogen and oxygen atoms in total. The molecule has 0 bridgehead atoms. The molecule has 1 atom stereocenters. The van der Waals surface area contributed by atoms with Crippen LogP contribution in [0, 0.1) is 0 Å². The Labute approximate surface area is 117 Å². The van der Waals surface area contributed by atoms with Crippen molar-refractivity contribution in [1.29, 1.82) is 0 Å². The van der Waals surface area contributed by atoms with Gasteiger partial charge in [-0.1, -0.05) is 56.5 Å². The molecule has 1 aliphatic heterocycles. The number of aliphatic hydroxyl groups is 1. The molecular weight excluding hydrogens is 234 g/mol. The van der Waals surface area contributed by atoms with Crippen LogP contribution >= 0.6 is 0 Å². The van der Waals surface area contributed by atoms with Crippen LogP contribution in [0.4, 0.5) is 0 Å². The lowest BCUT2D eigenvalue weighted by Crippen LogP contribution is -2.42. The van der Waals surface area contributed by atoms with Crippen LogP contribution in [0.2, 0.25) is 0 Å². The summed E-state index contributed by atoms with van der Waals surface area (Å²) in [5, 5.41) is 9.87. The summed E-state index contributed by atoms with van der Waals surface area (Å²) in [7, 11) is 0. The highest BCUT2D eigenvalue weighted by molar-refractivity contribution is 5.25. The molecule has 0 saturated carbocycles. The molecule has 1 aromatic rings. The molecule has 0 amide bonds. The van der Waals surface area contributed by atoms with Crippen LogP contribution < -0.4 is 0 Å². The SMILES string of the molecule is CC(CO)(CN1CCCCCCC1)c1ccccc1. The predicted octanol–water partition coefficient (Wildman–Crippen LogP) is 3.20. The Bertz CT molecular complexity index is 357. The third kappa shape index (κ3) is 4.05. The van der Waals surface area contributed by atoms with E-state index in [-0.39, 0.29) is 12.0 Å². The molecule has 19 heavy (non-hydrogen) atoms. The summed E-state index contributed by atoms with van der Waals surface area (Å²) in [4.78, 5) is 2.54. The molecule has 0 aromatic heterocycles. The first-order chi connectivity index (χ1) is 9.24. The molecule has 0 radical (unpaired) electrons. The molecule has 1 saturated heterocycles. The molecule has 1 fully saturated rings. The summed E-state index contributed by atoms with van der Waals surface area (Å²) in [6, 6.07) is 10.4. The molecule has 106 valence electrons. The third-order valence-electron chi connectivity index (χ3n) is 4.34. The second-order valence-electron chi connectivity index (χ2n) is 6.13. The lowest BCUT2D eigenvalue weighted by Gasteiger charge is -2.35. The van der Waals surface area contributed by atoms with Crippen molar-refractivity contribution in [3.63, 3.8) is 0 Å². The van der Waals surface area contributed by atoms with Crippen molar-refractivity contribution in [2.45, 2.75) is 44.4 Å². The van der Waals surface area contributed by atoms with E-state index in [9.17, 15) is 5.11 Å². The van der Waals surface area contributed by atoms with Crippen molar-refractivity contribution in [1.82, 2.24) is 4.90 Å². The van der Waals surface area contributed by atoms with Gasteiger partial charge in [-0.05, 0) is 31.5 Å². The van der Waals surface area contributed by atoms with Gasteiger partial charge in [-0.25, -0.2) is 0 Å². The van der Waals surface area contributed by atoms with Gasteiger partial charge >= 0.3 is 0 Å². The average Bonchev–Trinajstić information content (AvgIpc) is 2.42. The van der Waals surface area contributed by atoms with Crippen LogP contribution in [-0.2, 0) is 5.41 Å². The van der Waals surface area contributed by atoms with Crippen molar-refractivity contribution in [3.8, 4) is 0 Å². The molecular formula is C17H27NO. The first-order valence-electron chi connectivity index (χ1n) is 7.63. The second-order valence-corrected chi connectivity index (χ2v) is 6.13. The topological polar surface area (TPSA) is 23.5 Å². The molecule has 1 aliphatic rings. The van der Waals surface area contributed by atoms with Gasteiger partial charge in [0.25, 0.3) is 0 Å². The van der Waals surface area contributed by atoms with Gasteiger partial charge in [0.1, 0.15) is 0 Å². The van der Waals surface area contributed by atoms with Crippen molar-refractivity contribution < 1.29 is 5.11 Å². The first-order valence-corrected chi connectivity index (χ1v) is 7.63. The molecule has 1 unspecified atom stereocenters. The molecule has 1 heterocycles. The zero-order valence-electron chi connectivity index (χ0n) is 12.1. The van der Waals surface area contributed by atoms with E-state index in [1.165, 1.54) is 50.8 Å². The normalized spacial score (nSPS) is 21.4. The number of aliphatic hydroxyl groups excluding tert-OH is 1. The lowest BCUT2D eigenvalue weighted by molar-refractivity contribution is 0.137. The summed E-state index contributed by atoms with van der Waals surface area (Å²) in [6.45, 7) is 5.73. The Balaban J connectivity index is 2.04. The van der Waals surface area contributed by atoms with Crippen molar-refractivity contribution in [2.24, 2.45) is 0 Å². The lowest BCUT2D eigenvalue weighted by atomic mass is 9.82. The average molecular weight is 261 g/mol. The number of hydrogen-bond donors (Lipinski definition) is 1. The zero-order valence-corrected chi connectivity index (χ0v) is 12.1. The van der Waals surface area contributed by atoms with Crippen LogP contribution in [0.5, 0.6) is 0 Å². The van der Waals surface area contributed by atoms with Gasteiger partial charge in [0.15, 0.2) is 0 Å². The number of hydrogen-bond acceptors (Lipinski definition) is 2. The Morgan fingerprint density at radius 3 is 2.16 bits per heavy atom. The van der Waals surface area contributed by atoms with Gasteiger partial charge in [0, 0.05) is 12.0 Å². The van der Waals surface area contributed by atoms with Gasteiger partial charge in [0.05, 0.1) is 6.61 Å². The van der Waals surface area contributed by atoms with Gasteiger partial charge in [0.2, 0.25) is 0 Å². The standard InChI is InChI=1S/C17H27NO/c1-17(15-19,16-10-6-5-7-11-16)14-18-12-8-3-2-4-9-13-18/h5-7,10-11,19H,2-4,8-9,12-15H2,1H3. The highest BCUT2D eigenvalue weighted by Crippen LogP contribution is 2.25. The van der Waals surface area contributed by atoms with Crippen LogP contribution in [-0.4, -0.2) is 36.2 Å². The summed E-state index contributed by atoms with van der Waals surface area (Å²) >= 11 is 0. The summed E-state index contributed by atoms with van der Waals surface area (Å²) in [5.41, 5.74) is 1.11. The highest BCUT2D eigenvalue weighted by Gasteiger charge is 2.28. The van der Waals surface area contributed by atoms with Crippen molar-refractivity contribution in [2.75, 3.05) is 26.2 Å². The molecule has 1 aromatic carbocycles. The number of benzene rings is 1. The first kappa shape index (κ1) is 14.5. The quantitative estimate of drug-likeness (QED) is 0.899. The molecule has 1 N–H and O–H groups in total. The minimum absolute atomic E-state index is 0.138. The fourth-order valence-corrected chi connectivity index (χ4v) is 3.04. The molecule has 0 spiro atoms. The fourth-order valence-electron chi connectivity index (χ4n) is 3.04. The van der Waals surface area contributed by atoms with Gasteiger partial charge in [-0.15, -0.1) is 0 Å². The highest BCUT2D eigenvalue weighted by atomic mass is 16.3. The largest absolute Gasteiger partial charge is 0.395 e. The minimum Gasteiger partial charge on any atom is -0.395 e. The Morgan fingerprint density at radius 2 is 1.58 bits per heavy atom. The number of likely N-dealkylation sites (tertiary alicyclic amines) is 1. The number of rotatable bonds is 4. The molecule has 2 rings (SSSR count). The van der Waals surface area contributed by atoms with E-state index in [0.717, 1.165) is 6.54 Å². The maximum atomic E-state index is 9.87. The van der Waals surface area contributed by atoms with Crippen LogP contribution in [0.3, 0.4) is 0 Å². The summed E-state index contributed by atoms with van der Waals surface area (Å²) < 4.78 is 0. The van der Waals surface area contributed by atoms with E-state index in [0.29, 0.717) is 0 Å². The maximum Gasteiger partial charge on any atom is 0.0537 e. The van der Waals surface area contributed by atoms with Crippen LogP contribution in [0.15, 0.2) is 30.3 Å². The van der Waals surface area contributed by atoms with Crippen LogP contribution in [0.25, 0.3) is 0 Å². The van der Waals surface area contributed by atoms with Crippen LogP contribution in [0.1, 0.15) is 44.6 Å². The van der Waals surface area contributed by atoms with Gasteiger partial charge in [-0.3, -0.25) is 0 Å². The summed E-state index contributed by atoms with van der Waals surface area (Å²) in [5.74, 6) is 0. The van der Waals surface area contributed by atoms with Gasteiger partial charge in [-0.2, -0.15) is 0 Å².